The Morgan fingerprint density at radius 2 is 1.80 bits per heavy atom. The molecule has 1 N–H and O–H groups in total. The second kappa shape index (κ2) is 13.4. The van der Waals surface area contributed by atoms with Crippen LogP contribution in [-0.4, -0.2) is 41.9 Å². The van der Waals surface area contributed by atoms with Crippen LogP contribution in [0.4, 0.5) is 5.69 Å². The van der Waals surface area contributed by atoms with Gasteiger partial charge in [0, 0.05) is 17.3 Å². The van der Waals surface area contributed by atoms with Gasteiger partial charge in [-0.1, -0.05) is 68.4 Å². The van der Waals surface area contributed by atoms with Gasteiger partial charge in [-0.05, 0) is 59.9 Å². The number of carbonyl (C=O) groups excluding carboxylic acids is 3. The fourth-order valence-electron chi connectivity index (χ4n) is 4.38. The van der Waals surface area contributed by atoms with Crippen molar-refractivity contribution in [1.82, 2.24) is 5.01 Å². The van der Waals surface area contributed by atoms with Crippen LogP contribution in [0.15, 0.2) is 90.0 Å². The Morgan fingerprint density at radius 1 is 1.05 bits per heavy atom. The van der Waals surface area contributed by atoms with Crippen molar-refractivity contribution >= 4 is 35.4 Å². The van der Waals surface area contributed by atoms with E-state index in [-0.39, 0.29) is 30.3 Å². The van der Waals surface area contributed by atoms with Crippen molar-refractivity contribution in [3.8, 4) is 0 Å². The van der Waals surface area contributed by atoms with Crippen LogP contribution < -0.4 is 5.32 Å². The van der Waals surface area contributed by atoms with Gasteiger partial charge < -0.3 is 14.8 Å². The molecule has 2 amide bonds. The number of nitrogens with zero attached hydrogens (tertiary/aromatic N) is 2. The minimum absolute atomic E-state index is 0.0385. The third-order valence-electron chi connectivity index (χ3n) is 6.33. The third kappa shape index (κ3) is 7.44. The van der Waals surface area contributed by atoms with E-state index in [4.69, 9.17) is 9.47 Å². The van der Waals surface area contributed by atoms with Crippen LogP contribution in [0.2, 0.25) is 0 Å². The summed E-state index contributed by atoms with van der Waals surface area (Å²) >= 11 is 0. The van der Waals surface area contributed by atoms with Crippen molar-refractivity contribution < 1.29 is 23.9 Å². The molecule has 4 rings (SSSR count). The molecular weight excluding hydrogens is 506 g/mol. The van der Waals surface area contributed by atoms with Crippen LogP contribution >= 0.6 is 0 Å². The number of nitrogens with one attached hydrogen (secondary N) is 1. The molecule has 206 valence electrons. The van der Waals surface area contributed by atoms with Crippen molar-refractivity contribution in [3.63, 3.8) is 0 Å². The molecule has 0 aliphatic carbocycles. The monoisotopic (exact) mass is 539 g/mol. The van der Waals surface area contributed by atoms with Gasteiger partial charge in [0.05, 0.1) is 19.1 Å². The molecule has 3 aromatic carbocycles. The summed E-state index contributed by atoms with van der Waals surface area (Å²) in [5.41, 5.74) is 3.97. The van der Waals surface area contributed by atoms with Crippen LogP contribution in [0.1, 0.15) is 48.9 Å². The number of hydrazone groups is 1. The van der Waals surface area contributed by atoms with Gasteiger partial charge in [0.25, 0.3) is 5.91 Å². The van der Waals surface area contributed by atoms with Gasteiger partial charge in [-0.3, -0.25) is 9.59 Å². The molecular formula is C32H33N3O5. The summed E-state index contributed by atoms with van der Waals surface area (Å²) in [6.07, 6.45) is 3.01. The highest BCUT2D eigenvalue weighted by molar-refractivity contribution is 5.98. The quantitative estimate of drug-likeness (QED) is 0.276. The van der Waals surface area contributed by atoms with E-state index in [0.29, 0.717) is 24.7 Å². The smallest absolute Gasteiger partial charge is 0.330 e. The molecule has 0 saturated carbocycles. The maximum atomic E-state index is 13.3. The third-order valence-corrected chi connectivity index (χ3v) is 6.33. The summed E-state index contributed by atoms with van der Waals surface area (Å²) in [6, 6.07) is 24.4. The van der Waals surface area contributed by atoms with Crippen LogP contribution in [0.5, 0.6) is 0 Å². The zero-order valence-electron chi connectivity index (χ0n) is 22.9. The lowest BCUT2D eigenvalue weighted by Crippen LogP contribution is -2.36. The molecule has 0 aromatic heterocycles. The topological polar surface area (TPSA) is 97.3 Å². The van der Waals surface area contributed by atoms with Crippen LogP contribution in [-0.2, 0) is 30.4 Å². The molecule has 1 heterocycles. The fourth-order valence-corrected chi connectivity index (χ4v) is 4.38. The number of rotatable bonds is 10. The van der Waals surface area contributed by atoms with Crippen LogP contribution in [0.25, 0.3) is 6.08 Å². The zero-order chi connectivity index (χ0) is 28.5. The largest absolute Gasteiger partial charge is 0.466 e. The lowest BCUT2D eigenvalue weighted by molar-refractivity contribution is -0.137. The molecule has 40 heavy (non-hydrogen) atoms. The summed E-state index contributed by atoms with van der Waals surface area (Å²) in [6.45, 7) is 6.30. The van der Waals surface area contributed by atoms with Gasteiger partial charge in [0.1, 0.15) is 0 Å². The summed E-state index contributed by atoms with van der Waals surface area (Å²) in [4.78, 5) is 37.4. The first-order valence-corrected chi connectivity index (χ1v) is 13.3. The van der Waals surface area contributed by atoms with E-state index >= 15 is 0 Å². The maximum absolute atomic E-state index is 13.3. The number of carbonyl (C=O) groups is 3. The van der Waals surface area contributed by atoms with Gasteiger partial charge in [0.2, 0.25) is 11.8 Å². The lowest BCUT2D eigenvalue weighted by Gasteiger charge is -2.24. The number of hydrogen-bond donors (Lipinski definition) is 1. The van der Waals surface area contributed by atoms with E-state index < -0.39 is 5.97 Å². The molecule has 1 atom stereocenters. The number of benzene rings is 3. The highest BCUT2D eigenvalue weighted by Gasteiger charge is 2.26. The minimum Gasteiger partial charge on any atom is -0.466 e. The van der Waals surface area contributed by atoms with Gasteiger partial charge in [-0.25, -0.2) is 9.80 Å². The second-order valence-electron chi connectivity index (χ2n) is 9.67. The first-order chi connectivity index (χ1) is 19.3. The van der Waals surface area contributed by atoms with E-state index in [0.717, 1.165) is 22.3 Å². The predicted octanol–water partition coefficient (Wildman–Crippen LogP) is 5.36. The van der Waals surface area contributed by atoms with Crippen molar-refractivity contribution in [2.24, 2.45) is 11.0 Å². The predicted molar refractivity (Wildman–Crippen MR) is 154 cm³/mol. The van der Waals surface area contributed by atoms with E-state index in [1.165, 1.54) is 11.1 Å². The Bertz CT molecular complexity index is 1400. The molecule has 8 nitrogen and oxygen atoms in total. The molecule has 0 radical (unpaired) electrons. The average molecular weight is 540 g/mol. The average Bonchev–Trinajstić information content (AvgIpc) is 2.95. The van der Waals surface area contributed by atoms with Crippen molar-refractivity contribution in [3.05, 3.63) is 107 Å². The number of ether oxygens (including phenoxy) is 2. The molecule has 0 bridgehead atoms. The number of anilines is 1. The Hall–Kier alpha value is -4.72. The molecule has 3 aromatic rings. The second-order valence-corrected chi connectivity index (χ2v) is 9.67. The molecule has 1 aliphatic heterocycles. The first-order valence-electron chi connectivity index (χ1n) is 13.3. The van der Waals surface area contributed by atoms with Crippen molar-refractivity contribution in [1.29, 1.82) is 0 Å². The first kappa shape index (κ1) is 28.3. The Labute approximate surface area is 234 Å². The van der Waals surface area contributed by atoms with Crippen LogP contribution in [0.3, 0.4) is 0 Å². The van der Waals surface area contributed by atoms with Gasteiger partial charge in [-0.2, -0.15) is 0 Å². The number of amides is 2. The van der Waals surface area contributed by atoms with Gasteiger partial charge in [0.15, 0.2) is 6.61 Å². The summed E-state index contributed by atoms with van der Waals surface area (Å²) in [5.74, 6) is -0.704. The van der Waals surface area contributed by atoms with E-state index in [9.17, 15) is 14.4 Å². The Kier molecular flexibility index (Phi) is 9.46. The lowest BCUT2D eigenvalue weighted by atomic mass is 9.87. The SMILES string of the molecule is CCOC(=O)C=Cc1cccc(NC(=O)C(c2ccc(CN3N=C(c4ccccc4)OCC3=O)cc2)C(C)C)c1. The van der Waals surface area contributed by atoms with Gasteiger partial charge in [-0.15, -0.1) is 5.10 Å². The summed E-state index contributed by atoms with van der Waals surface area (Å²) in [7, 11) is 0. The highest BCUT2D eigenvalue weighted by Crippen LogP contribution is 2.27. The highest BCUT2D eigenvalue weighted by atomic mass is 16.5. The molecule has 0 spiro atoms. The molecule has 1 unspecified atom stereocenters. The summed E-state index contributed by atoms with van der Waals surface area (Å²) in [5, 5.41) is 8.83. The molecule has 1 aliphatic rings. The molecule has 0 saturated heterocycles. The molecule has 8 heteroatoms. The maximum Gasteiger partial charge on any atom is 0.330 e. The normalized spacial score (nSPS) is 14.1. The van der Waals surface area contributed by atoms with E-state index in [2.05, 4.69) is 10.4 Å². The summed E-state index contributed by atoms with van der Waals surface area (Å²) < 4.78 is 10.4. The Balaban J connectivity index is 1.44. The number of hydrogen-bond acceptors (Lipinski definition) is 6. The van der Waals surface area contributed by atoms with Crippen molar-refractivity contribution in [2.75, 3.05) is 18.5 Å². The minimum atomic E-state index is -0.415. The number of esters is 1. The standard InChI is InChI=1S/C32H33N3O5/c1-4-39-29(37)18-15-23-9-8-12-27(19-23)33-31(38)30(22(2)3)25-16-13-24(14-17-25)20-35-28(36)21-40-32(34-35)26-10-6-5-7-11-26/h5-19,22,30H,4,20-21H2,1-3H3,(H,33,38). The molecule has 0 fully saturated rings. The Morgan fingerprint density at radius 3 is 2.50 bits per heavy atom. The van der Waals surface area contributed by atoms with Crippen molar-refractivity contribution in [2.45, 2.75) is 33.2 Å². The fraction of sp³-hybridized carbons (Fsp3) is 0.250. The zero-order valence-corrected chi connectivity index (χ0v) is 22.9. The van der Waals surface area contributed by atoms with Crippen LogP contribution in [0, 0.1) is 5.92 Å². The van der Waals surface area contributed by atoms with E-state index in [1.54, 1.807) is 19.1 Å². The van der Waals surface area contributed by atoms with Gasteiger partial charge >= 0.3 is 5.97 Å². The van der Waals surface area contributed by atoms with E-state index in [1.807, 2.05) is 86.6 Å².